The topological polar surface area (TPSA) is 72.7 Å². The number of hydrogen-bond donors (Lipinski definition) is 1. The quantitative estimate of drug-likeness (QED) is 0.796. The Kier molecular flexibility index (Phi) is 3.19. The van der Waals surface area contributed by atoms with Crippen molar-refractivity contribution in [3.05, 3.63) is 36.7 Å². The molecule has 0 amide bonds. The molecule has 2 heterocycles. The summed E-state index contributed by atoms with van der Waals surface area (Å²) in [5.74, 6) is 0.506. The van der Waals surface area contributed by atoms with Crippen molar-refractivity contribution in [1.29, 1.82) is 0 Å². The highest BCUT2D eigenvalue weighted by Gasteiger charge is 2.05. The van der Waals surface area contributed by atoms with Crippen LogP contribution in [-0.4, -0.2) is 30.2 Å². The molecule has 0 fully saturated rings. The van der Waals surface area contributed by atoms with Gasteiger partial charge in [0, 0.05) is 40.9 Å². The molecule has 1 aromatic carbocycles. The summed E-state index contributed by atoms with van der Waals surface area (Å²) >= 11 is 0. The number of benzene rings is 1. The van der Waals surface area contributed by atoms with E-state index in [1.807, 2.05) is 31.3 Å². The van der Waals surface area contributed by atoms with E-state index < -0.39 is 10.8 Å². The van der Waals surface area contributed by atoms with Crippen molar-refractivity contribution in [3.63, 3.8) is 0 Å². The summed E-state index contributed by atoms with van der Waals surface area (Å²) in [4.78, 5) is 9.43. The summed E-state index contributed by atoms with van der Waals surface area (Å²) in [5.41, 5.74) is 1.62. The highest BCUT2D eigenvalue weighted by Crippen LogP contribution is 2.17. The highest BCUT2D eigenvalue weighted by atomic mass is 32.2. The molecule has 20 heavy (non-hydrogen) atoms. The van der Waals surface area contributed by atoms with Gasteiger partial charge in [0.25, 0.3) is 0 Å². The molecular weight excluding hydrogens is 274 g/mol. The van der Waals surface area contributed by atoms with Gasteiger partial charge in [0.1, 0.15) is 0 Å². The predicted molar refractivity (Wildman–Crippen MR) is 78.4 cm³/mol. The van der Waals surface area contributed by atoms with Crippen LogP contribution in [0.4, 0.5) is 11.6 Å². The van der Waals surface area contributed by atoms with Crippen LogP contribution in [-0.2, 0) is 17.8 Å². The predicted octanol–water partition coefficient (Wildman–Crippen LogP) is 1.84. The minimum Gasteiger partial charge on any atom is -0.324 e. The van der Waals surface area contributed by atoms with Crippen LogP contribution in [0.15, 0.2) is 41.6 Å². The van der Waals surface area contributed by atoms with E-state index in [1.165, 1.54) is 0 Å². The lowest BCUT2D eigenvalue weighted by molar-refractivity contribution is 0.687. The summed E-state index contributed by atoms with van der Waals surface area (Å²) in [7, 11) is 0.867. The van der Waals surface area contributed by atoms with Crippen LogP contribution < -0.4 is 5.32 Å². The first-order valence-electron chi connectivity index (χ1n) is 5.99. The van der Waals surface area contributed by atoms with Crippen LogP contribution in [0.2, 0.25) is 0 Å². The molecule has 102 valence electrons. The zero-order valence-corrected chi connectivity index (χ0v) is 11.9. The van der Waals surface area contributed by atoms with E-state index in [9.17, 15) is 4.21 Å². The van der Waals surface area contributed by atoms with Gasteiger partial charge >= 0.3 is 0 Å². The van der Waals surface area contributed by atoms with E-state index in [0.29, 0.717) is 5.95 Å². The zero-order valence-electron chi connectivity index (χ0n) is 11.1. The fraction of sp³-hybridized carbons (Fsp3) is 0.154. The molecule has 0 aliphatic heterocycles. The van der Waals surface area contributed by atoms with Crippen LogP contribution in [0.25, 0.3) is 11.0 Å². The lowest BCUT2D eigenvalue weighted by Gasteiger charge is -2.05. The Bertz CT molecular complexity index is 781. The minimum atomic E-state index is -0.971. The van der Waals surface area contributed by atoms with Gasteiger partial charge in [-0.1, -0.05) is 0 Å². The van der Waals surface area contributed by atoms with Gasteiger partial charge < -0.3 is 5.32 Å². The second-order valence-electron chi connectivity index (χ2n) is 4.34. The smallest absolute Gasteiger partial charge is 0.229 e. The van der Waals surface area contributed by atoms with E-state index in [-0.39, 0.29) is 0 Å². The molecule has 7 heteroatoms. The zero-order chi connectivity index (χ0) is 14.1. The van der Waals surface area contributed by atoms with Crippen molar-refractivity contribution in [3.8, 4) is 0 Å². The third-order valence-electron chi connectivity index (χ3n) is 2.91. The second kappa shape index (κ2) is 5.01. The SMILES string of the molecule is Cn1ncc2cnc(Nc3ccc(S(C)=O)cc3)nc21. The molecule has 0 spiro atoms. The molecular formula is C13H13N5OS. The van der Waals surface area contributed by atoms with E-state index >= 15 is 0 Å². The number of hydrogen-bond acceptors (Lipinski definition) is 5. The maximum atomic E-state index is 11.3. The average molecular weight is 287 g/mol. The molecule has 1 N–H and O–H groups in total. The molecule has 3 rings (SSSR count). The highest BCUT2D eigenvalue weighted by molar-refractivity contribution is 7.84. The molecule has 0 aliphatic carbocycles. The number of anilines is 2. The minimum absolute atomic E-state index is 0.506. The Morgan fingerprint density at radius 1 is 1.20 bits per heavy atom. The first-order chi connectivity index (χ1) is 9.63. The summed E-state index contributed by atoms with van der Waals surface area (Å²) in [6.07, 6.45) is 5.11. The number of nitrogens with zero attached hydrogens (tertiary/aromatic N) is 4. The Morgan fingerprint density at radius 2 is 1.95 bits per heavy atom. The van der Waals surface area contributed by atoms with Crippen molar-refractivity contribution in [2.45, 2.75) is 4.90 Å². The molecule has 0 saturated heterocycles. The largest absolute Gasteiger partial charge is 0.324 e. The average Bonchev–Trinajstić information content (AvgIpc) is 2.81. The lowest BCUT2D eigenvalue weighted by Crippen LogP contribution is -1.99. The molecule has 0 radical (unpaired) electrons. The molecule has 0 saturated carbocycles. The maximum Gasteiger partial charge on any atom is 0.229 e. The Labute approximate surface area is 118 Å². The molecule has 1 atom stereocenters. The fourth-order valence-corrected chi connectivity index (χ4v) is 2.37. The maximum absolute atomic E-state index is 11.3. The molecule has 6 nitrogen and oxygen atoms in total. The molecule has 0 aliphatic rings. The van der Waals surface area contributed by atoms with E-state index in [4.69, 9.17) is 0 Å². The normalized spacial score (nSPS) is 12.5. The Hall–Kier alpha value is -2.28. The molecule has 3 aromatic rings. The summed E-state index contributed by atoms with van der Waals surface area (Å²) in [6, 6.07) is 7.35. The fourth-order valence-electron chi connectivity index (χ4n) is 1.86. The summed E-state index contributed by atoms with van der Waals surface area (Å²) in [5, 5.41) is 8.14. The van der Waals surface area contributed by atoms with Gasteiger partial charge in [-0.3, -0.25) is 8.89 Å². The van der Waals surface area contributed by atoms with Crippen LogP contribution >= 0.6 is 0 Å². The first kappa shape index (κ1) is 12.7. The van der Waals surface area contributed by atoms with Crippen molar-refractivity contribution in [2.24, 2.45) is 7.05 Å². The van der Waals surface area contributed by atoms with Gasteiger partial charge in [0.15, 0.2) is 5.65 Å². The van der Waals surface area contributed by atoms with Crippen molar-refractivity contribution < 1.29 is 4.21 Å². The van der Waals surface area contributed by atoms with Gasteiger partial charge in [0.05, 0.1) is 11.6 Å². The Balaban J connectivity index is 1.88. The third kappa shape index (κ3) is 2.39. The van der Waals surface area contributed by atoms with Crippen LogP contribution in [0, 0.1) is 0 Å². The number of aromatic nitrogens is 4. The van der Waals surface area contributed by atoms with Gasteiger partial charge in [-0.15, -0.1) is 0 Å². The van der Waals surface area contributed by atoms with Gasteiger partial charge in [-0.2, -0.15) is 10.1 Å². The number of nitrogens with one attached hydrogen (secondary N) is 1. The number of aryl methyl sites for hydroxylation is 1. The van der Waals surface area contributed by atoms with Gasteiger partial charge in [-0.05, 0) is 24.3 Å². The number of rotatable bonds is 3. The molecule has 1 unspecified atom stereocenters. The van der Waals surface area contributed by atoms with Crippen molar-refractivity contribution in [1.82, 2.24) is 19.7 Å². The van der Waals surface area contributed by atoms with Gasteiger partial charge in [0.2, 0.25) is 5.95 Å². The van der Waals surface area contributed by atoms with E-state index in [2.05, 4.69) is 20.4 Å². The van der Waals surface area contributed by atoms with Crippen LogP contribution in [0.1, 0.15) is 0 Å². The van der Waals surface area contributed by atoms with Gasteiger partial charge in [-0.25, -0.2) is 4.98 Å². The first-order valence-corrected chi connectivity index (χ1v) is 7.54. The third-order valence-corrected chi connectivity index (χ3v) is 3.85. The Morgan fingerprint density at radius 3 is 2.65 bits per heavy atom. The van der Waals surface area contributed by atoms with E-state index in [1.54, 1.807) is 23.3 Å². The van der Waals surface area contributed by atoms with Crippen molar-refractivity contribution in [2.75, 3.05) is 11.6 Å². The monoisotopic (exact) mass is 287 g/mol. The molecule has 0 bridgehead atoms. The second-order valence-corrected chi connectivity index (χ2v) is 5.72. The lowest BCUT2D eigenvalue weighted by atomic mass is 10.3. The van der Waals surface area contributed by atoms with Crippen LogP contribution in [0.3, 0.4) is 0 Å². The van der Waals surface area contributed by atoms with Crippen molar-refractivity contribution >= 4 is 33.5 Å². The molecule has 2 aromatic heterocycles. The number of fused-ring (bicyclic) bond motifs is 1. The summed E-state index contributed by atoms with van der Waals surface area (Å²) < 4.78 is 13.0. The standard InChI is InChI=1S/C13H13N5OS/c1-18-12-9(8-15-18)7-14-13(17-12)16-10-3-5-11(6-4-10)20(2)19/h3-8H,1-2H3,(H,14,16,17). The van der Waals surface area contributed by atoms with Crippen LogP contribution in [0.5, 0.6) is 0 Å². The summed E-state index contributed by atoms with van der Waals surface area (Å²) in [6.45, 7) is 0. The van der Waals surface area contributed by atoms with E-state index in [0.717, 1.165) is 21.6 Å².